The van der Waals surface area contributed by atoms with Crippen LogP contribution in [0.25, 0.3) is 0 Å². The quantitative estimate of drug-likeness (QED) is 0.0261. The van der Waals surface area contributed by atoms with Crippen LogP contribution in [0.15, 0.2) is 146 Å². The van der Waals surface area contributed by atoms with Crippen molar-refractivity contribution in [1.29, 1.82) is 0 Å². The van der Waals surface area contributed by atoms with Gasteiger partial charge in [-0.2, -0.15) is 0 Å². The summed E-state index contributed by atoms with van der Waals surface area (Å²) in [5, 5.41) is 0. The number of ether oxygens (including phenoxy) is 3. The molecule has 0 aromatic rings. The first-order chi connectivity index (χ1) is 39.5. The summed E-state index contributed by atoms with van der Waals surface area (Å²) < 4.78 is 16.8. The summed E-state index contributed by atoms with van der Waals surface area (Å²) in [6.45, 7) is 6.31. The van der Waals surface area contributed by atoms with Gasteiger partial charge in [0.15, 0.2) is 6.10 Å². The minimum atomic E-state index is -0.838. The molecular weight excluding hydrogens is 985 g/mol. The molecule has 1 atom stereocenters. The van der Waals surface area contributed by atoms with Gasteiger partial charge in [0.2, 0.25) is 0 Å². The lowest BCUT2D eigenvalue weighted by atomic mass is 10.0. The Labute approximate surface area is 493 Å². The summed E-state index contributed by atoms with van der Waals surface area (Å²) >= 11 is 0. The van der Waals surface area contributed by atoms with E-state index in [9.17, 15) is 14.4 Å². The summed E-state index contributed by atoms with van der Waals surface area (Å²) in [7, 11) is 0. The molecule has 0 heterocycles. The first kappa shape index (κ1) is 75.3. The van der Waals surface area contributed by atoms with Crippen molar-refractivity contribution in [2.75, 3.05) is 13.2 Å². The largest absolute Gasteiger partial charge is 0.462 e. The van der Waals surface area contributed by atoms with E-state index in [2.05, 4.69) is 154 Å². The van der Waals surface area contributed by atoms with E-state index in [4.69, 9.17) is 14.2 Å². The van der Waals surface area contributed by atoms with Crippen LogP contribution in [-0.2, 0) is 28.6 Å². The van der Waals surface area contributed by atoms with Gasteiger partial charge in [-0.1, -0.05) is 308 Å². The van der Waals surface area contributed by atoms with Crippen LogP contribution in [0.1, 0.15) is 284 Å². The Morgan fingerprint density at radius 1 is 0.275 bits per heavy atom. The van der Waals surface area contributed by atoms with Gasteiger partial charge in [0, 0.05) is 12.8 Å². The summed E-state index contributed by atoms with van der Waals surface area (Å²) in [5.74, 6) is -1.09. The first-order valence-electron chi connectivity index (χ1n) is 32.8. The Kier molecular flexibility index (Phi) is 62.9. The Morgan fingerprint density at radius 3 is 0.875 bits per heavy atom. The summed E-state index contributed by atoms with van der Waals surface area (Å²) in [5.41, 5.74) is 0. The third-order valence-electron chi connectivity index (χ3n) is 13.6. The monoisotopic (exact) mass is 1100 g/mol. The molecule has 6 heteroatoms. The smallest absolute Gasteiger partial charge is 0.309 e. The molecule has 0 bridgehead atoms. The molecule has 6 nitrogen and oxygen atoms in total. The molecule has 0 radical (unpaired) electrons. The molecule has 0 saturated carbocycles. The van der Waals surface area contributed by atoms with Gasteiger partial charge in [-0.25, -0.2) is 0 Å². The molecule has 0 aliphatic heterocycles. The lowest BCUT2D eigenvalue weighted by Gasteiger charge is -2.18. The van der Waals surface area contributed by atoms with Crippen LogP contribution in [0, 0.1) is 0 Å². The van der Waals surface area contributed by atoms with E-state index in [1.165, 1.54) is 122 Å². The van der Waals surface area contributed by atoms with Crippen molar-refractivity contribution < 1.29 is 28.6 Å². The Morgan fingerprint density at radius 2 is 0.537 bits per heavy atom. The lowest BCUT2D eigenvalue weighted by Crippen LogP contribution is -2.30. The second kappa shape index (κ2) is 66.8. The summed E-state index contributed by atoms with van der Waals surface area (Å²) in [6.07, 6.45) is 96.0. The highest BCUT2D eigenvalue weighted by Gasteiger charge is 2.19. The van der Waals surface area contributed by atoms with Crippen molar-refractivity contribution in [2.45, 2.75) is 290 Å². The number of unbranched alkanes of at least 4 members (excludes halogenated alkanes) is 24. The van der Waals surface area contributed by atoms with Crippen molar-refractivity contribution in [2.24, 2.45) is 0 Å². The fraction of sp³-hybridized carbons (Fsp3) is 0.635. The molecule has 0 aliphatic rings. The molecule has 0 aromatic carbocycles. The van der Waals surface area contributed by atoms with Crippen LogP contribution in [0.5, 0.6) is 0 Å². The first-order valence-corrected chi connectivity index (χ1v) is 32.8. The fourth-order valence-corrected chi connectivity index (χ4v) is 8.79. The Hall–Kier alpha value is -4.71. The average molecular weight is 1110 g/mol. The molecule has 0 aromatic heterocycles. The number of rotatable bonds is 58. The fourth-order valence-electron chi connectivity index (χ4n) is 8.79. The number of allylic oxidation sites excluding steroid dienone is 23. The molecule has 452 valence electrons. The van der Waals surface area contributed by atoms with Crippen molar-refractivity contribution >= 4 is 17.9 Å². The van der Waals surface area contributed by atoms with E-state index in [1.807, 2.05) is 6.08 Å². The van der Waals surface area contributed by atoms with E-state index in [1.54, 1.807) is 6.08 Å². The number of hydrogen-bond donors (Lipinski definition) is 0. The van der Waals surface area contributed by atoms with E-state index in [-0.39, 0.29) is 31.6 Å². The molecule has 0 fully saturated rings. The van der Waals surface area contributed by atoms with Gasteiger partial charge in [-0.05, 0) is 103 Å². The van der Waals surface area contributed by atoms with Crippen molar-refractivity contribution in [3.05, 3.63) is 146 Å². The molecule has 1 unspecified atom stereocenters. The highest BCUT2D eigenvalue weighted by molar-refractivity contribution is 5.72. The van der Waals surface area contributed by atoms with Gasteiger partial charge in [0.05, 0.1) is 6.42 Å². The minimum Gasteiger partial charge on any atom is -0.462 e. The van der Waals surface area contributed by atoms with Gasteiger partial charge in [-0.15, -0.1) is 0 Å². The van der Waals surface area contributed by atoms with Crippen LogP contribution >= 0.6 is 0 Å². The number of esters is 3. The maximum absolute atomic E-state index is 12.9. The SMILES string of the molecule is CC/C=C\C/C=C\C/C=C\C/C=C\C/C=C\C/C=C\C/C=C\CCCCCC(=O)OCC(COC(=O)C/C=C\C/C=C\C/C=C\C/C=C\C/C=C\CC)OC(=O)CCCCCCCCCCCCCCCCCCCCCCCC. The topological polar surface area (TPSA) is 78.9 Å². The van der Waals surface area contributed by atoms with Gasteiger partial charge in [0.1, 0.15) is 13.2 Å². The Bertz CT molecular complexity index is 1750. The predicted molar refractivity (Wildman–Crippen MR) is 348 cm³/mol. The molecular formula is C74H120O6. The van der Waals surface area contributed by atoms with Gasteiger partial charge in [0.25, 0.3) is 0 Å². The predicted octanol–water partition coefficient (Wildman–Crippen LogP) is 22.7. The third kappa shape index (κ3) is 64.1. The normalized spacial score (nSPS) is 13.1. The molecule has 0 spiro atoms. The third-order valence-corrected chi connectivity index (χ3v) is 13.6. The van der Waals surface area contributed by atoms with Crippen LogP contribution in [0.4, 0.5) is 0 Å². The van der Waals surface area contributed by atoms with Crippen LogP contribution in [0.2, 0.25) is 0 Å². The van der Waals surface area contributed by atoms with Crippen LogP contribution < -0.4 is 0 Å². The molecule has 0 rings (SSSR count). The van der Waals surface area contributed by atoms with Crippen LogP contribution in [0.3, 0.4) is 0 Å². The van der Waals surface area contributed by atoms with E-state index < -0.39 is 12.1 Å². The second-order valence-corrected chi connectivity index (χ2v) is 21.3. The average Bonchev–Trinajstić information content (AvgIpc) is 3.46. The van der Waals surface area contributed by atoms with Crippen molar-refractivity contribution in [1.82, 2.24) is 0 Å². The number of hydrogen-bond acceptors (Lipinski definition) is 6. The number of carbonyl (C=O) groups excluding carboxylic acids is 3. The van der Waals surface area contributed by atoms with Crippen molar-refractivity contribution in [3.8, 4) is 0 Å². The number of carbonyl (C=O) groups is 3. The second-order valence-electron chi connectivity index (χ2n) is 21.3. The van der Waals surface area contributed by atoms with E-state index >= 15 is 0 Å². The zero-order valence-corrected chi connectivity index (χ0v) is 51.8. The van der Waals surface area contributed by atoms with Gasteiger partial charge >= 0.3 is 17.9 Å². The molecule has 0 saturated heterocycles. The zero-order valence-electron chi connectivity index (χ0n) is 51.8. The maximum Gasteiger partial charge on any atom is 0.309 e. The minimum absolute atomic E-state index is 0.116. The standard InChI is InChI=1S/C74H120O6/c1-4-7-10-13-16-19-22-25-28-30-32-34-36-37-38-40-41-43-46-49-52-55-58-61-64-67-73(76)79-70-71(69-78-72(75)66-63-60-57-54-51-48-45-27-24-21-18-15-12-9-6-3)80-74(77)68-65-62-59-56-53-50-47-44-42-39-35-33-31-29-26-23-20-17-14-11-8-5-2/h7,9-10,12,16,18-19,21,25,27-28,32,34,37-38,41,43,45,49,51-52,54,60,63,71H,4-6,8,11,13-15,17,20,22-24,26,29-31,33,35-36,39-40,42,44,46-48,50,53,55-59,61-62,64-70H2,1-3H3/b10-7-,12-9-,19-16-,21-18-,28-25-,34-32-,38-37-,43-41-,45-27-,52-49-,54-51-,63-60-. The summed E-state index contributed by atoms with van der Waals surface area (Å²) in [4.78, 5) is 38.3. The van der Waals surface area contributed by atoms with Crippen LogP contribution in [-0.4, -0.2) is 37.2 Å². The molecule has 0 aliphatic carbocycles. The van der Waals surface area contributed by atoms with E-state index in [0.717, 1.165) is 122 Å². The van der Waals surface area contributed by atoms with Gasteiger partial charge in [-0.3, -0.25) is 14.4 Å². The van der Waals surface area contributed by atoms with Crippen molar-refractivity contribution in [3.63, 3.8) is 0 Å². The van der Waals surface area contributed by atoms with Gasteiger partial charge < -0.3 is 14.2 Å². The zero-order chi connectivity index (χ0) is 57.8. The highest BCUT2D eigenvalue weighted by Crippen LogP contribution is 2.16. The highest BCUT2D eigenvalue weighted by atomic mass is 16.6. The Balaban J connectivity index is 4.49. The van der Waals surface area contributed by atoms with E-state index in [0.29, 0.717) is 12.8 Å². The maximum atomic E-state index is 12.9. The molecule has 80 heavy (non-hydrogen) atoms. The molecule has 0 N–H and O–H groups in total. The summed E-state index contributed by atoms with van der Waals surface area (Å²) in [6, 6.07) is 0. The molecule has 0 amide bonds. The lowest BCUT2D eigenvalue weighted by molar-refractivity contribution is -0.166.